The zero-order chi connectivity index (χ0) is 18.4. The third-order valence-corrected chi connectivity index (χ3v) is 5.26. The van der Waals surface area contributed by atoms with Crippen molar-refractivity contribution < 1.29 is 9.47 Å². The van der Waals surface area contributed by atoms with Gasteiger partial charge in [0.15, 0.2) is 11.5 Å². The summed E-state index contributed by atoms with van der Waals surface area (Å²) in [6.07, 6.45) is 8.16. The summed E-state index contributed by atoms with van der Waals surface area (Å²) in [5, 5.41) is 4.33. The molecule has 0 bridgehead atoms. The van der Waals surface area contributed by atoms with E-state index in [4.69, 9.17) is 9.47 Å². The first-order chi connectivity index (χ1) is 12.7. The smallest absolute Gasteiger partial charge is 0.161 e. The van der Waals surface area contributed by atoms with Crippen LogP contribution in [0.3, 0.4) is 0 Å². The van der Waals surface area contributed by atoms with Gasteiger partial charge in [-0.1, -0.05) is 25.3 Å². The Kier molecular flexibility index (Phi) is 6.50. The van der Waals surface area contributed by atoms with Gasteiger partial charge in [-0.15, -0.1) is 0 Å². The van der Waals surface area contributed by atoms with Gasteiger partial charge in [-0.25, -0.2) is 9.67 Å². The van der Waals surface area contributed by atoms with E-state index in [1.165, 1.54) is 37.7 Å². The molecular formula is C20H30N4O2. The summed E-state index contributed by atoms with van der Waals surface area (Å²) in [5.74, 6) is 2.59. The highest BCUT2D eigenvalue weighted by Gasteiger charge is 2.23. The molecule has 1 heterocycles. The molecule has 0 radical (unpaired) electrons. The van der Waals surface area contributed by atoms with Gasteiger partial charge in [0, 0.05) is 19.1 Å². The van der Waals surface area contributed by atoms with Crippen molar-refractivity contribution in [3.05, 3.63) is 35.9 Å². The van der Waals surface area contributed by atoms with Crippen molar-refractivity contribution in [3.63, 3.8) is 0 Å². The van der Waals surface area contributed by atoms with Crippen LogP contribution >= 0.6 is 0 Å². The molecule has 1 aliphatic carbocycles. The lowest BCUT2D eigenvalue weighted by molar-refractivity contribution is 0.134. The number of nitrogens with zero attached hydrogens (tertiary/aromatic N) is 4. The Morgan fingerprint density at radius 1 is 1.08 bits per heavy atom. The zero-order valence-corrected chi connectivity index (χ0v) is 16.1. The van der Waals surface area contributed by atoms with Crippen molar-refractivity contribution >= 4 is 0 Å². The Bertz CT molecular complexity index is 695. The molecule has 1 aromatic heterocycles. The van der Waals surface area contributed by atoms with Crippen molar-refractivity contribution in [3.8, 4) is 11.5 Å². The largest absolute Gasteiger partial charge is 0.493 e. The second-order valence-electron chi connectivity index (χ2n) is 6.88. The summed E-state index contributed by atoms with van der Waals surface area (Å²) in [4.78, 5) is 7.04. The van der Waals surface area contributed by atoms with Crippen LogP contribution in [0, 0.1) is 0 Å². The number of ether oxygens (including phenoxy) is 2. The molecule has 1 fully saturated rings. The number of aromatic nitrogens is 3. The van der Waals surface area contributed by atoms with Crippen LogP contribution in [0.2, 0.25) is 0 Å². The van der Waals surface area contributed by atoms with Gasteiger partial charge >= 0.3 is 0 Å². The summed E-state index contributed by atoms with van der Waals surface area (Å²) in [6, 6.07) is 6.79. The van der Waals surface area contributed by atoms with Gasteiger partial charge in [0.1, 0.15) is 12.2 Å². The highest BCUT2D eigenvalue weighted by molar-refractivity contribution is 5.42. The average molecular weight is 358 g/mol. The first-order valence-electron chi connectivity index (χ1n) is 9.56. The number of hydrogen-bond donors (Lipinski definition) is 0. The topological polar surface area (TPSA) is 52.4 Å². The molecule has 0 amide bonds. The standard InChI is InChI=1S/C20H30N4O2/c1-4-24-20(21-15-22-24)14-23(17-8-6-5-7-9-17)13-16-10-11-18(25-2)19(12-16)26-3/h10-12,15,17H,4-9,13-14H2,1-3H3. The lowest BCUT2D eigenvalue weighted by Crippen LogP contribution is -2.36. The summed E-state index contributed by atoms with van der Waals surface area (Å²) >= 11 is 0. The van der Waals surface area contributed by atoms with Crippen molar-refractivity contribution in [1.29, 1.82) is 0 Å². The number of rotatable bonds is 8. The third kappa shape index (κ3) is 4.36. The summed E-state index contributed by atoms with van der Waals surface area (Å²) in [6.45, 7) is 4.66. The van der Waals surface area contributed by atoms with Crippen LogP contribution in [0.1, 0.15) is 50.4 Å². The van der Waals surface area contributed by atoms with Crippen molar-refractivity contribution in [2.45, 2.75) is 64.7 Å². The highest BCUT2D eigenvalue weighted by atomic mass is 16.5. The first kappa shape index (κ1) is 18.7. The molecule has 6 nitrogen and oxygen atoms in total. The van der Waals surface area contributed by atoms with Crippen LogP contribution in [0.15, 0.2) is 24.5 Å². The van der Waals surface area contributed by atoms with Crippen LogP contribution in [-0.4, -0.2) is 39.9 Å². The van der Waals surface area contributed by atoms with Crippen molar-refractivity contribution in [2.24, 2.45) is 0 Å². The molecule has 1 aliphatic rings. The van der Waals surface area contributed by atoms with Gasteiger partial charge in [0.2, 0.25) is 0 Å². The molecule has 142 valence electrons. The first-order valence-corrected chi connectivity index (χ1v) is 9.56. The molecule has 0 unspecified atom stereocenters. The fourth-order valence-corrected chi connectivity index (χ4v) is 3.83. The predicted molar refractivity (Wildman–Crippen MR) is 101 cm³/mol. The molecular weight excluding hydrogens is 328 g/mol. The minimum absolute atomic E-state index is 0.596. The molecule has 0 atom stereocenters. The number of hydrogen-bond acceptors (Lipinski definition) is 5. The summed E-state index contributed by atoms with van der Waals surface area (Å²) < 4.78 is 12.8. The quantitative estimate of drug-likeness (QED) is 0.721. The summed E-state index contributed by atoms with van der Waals surface area (Å²) in [7, 11) is 3.35. The van der Waals surface area contributed by atoms with Crippen LogP contribution in [0.4, 0.5) is 0 Å². The molecule has 3 rings (SSSR count). The van der Waals surface area contributed by atoms with Crippen LogP contribution in [0.5, 0.6) is 11.5 Å². The minimum atomic E-state index is 0.596. The van der Waals surface area contributed by atoms with Gasteiger partial charge in [0.05, 0.1) is 20.8 Å². The molecule has 0 aliphatic heterocycles. The van der Waals surface area contributed by atoms with Gasteiger partial charge in [-0.2, -0.15) is 5.10 Å². The van der Waals surface area contributed by atoms with Gasteiger partial charge in [-0.3, -0.25) is 4.90 Å². The molecule has 1 aromatic carbocycles. The maximum atomic E-state index is 5.48. The van der Waals surface area contributed by atoms with Gasteiger partial charge in [-0.05, 0) is 37.5 Å². The minimum Gasteiger partial charge on any atom is -0.493 e. The monoisotopic (exact) mass is 358 g/mol. The Morgan fingerprint density at radius 3 is 2.54 bits per heavy atom. The van der Waals surface area contributed by atoms with Crippen molar-refractivity contribution in [2.75, 3.05) is 14.2 Å². The van der Waals surface area contributed by atoms with Crippen molar-refractivity contribution in [1.82, 2.24) is 19.7 Å². The highest BCUT2D eigenvalue weighted by Crippen LogP contribution is 2.30. The third-order valence-electron chi connectivity index (χ3n) is 5.26. The SMILES string of the molecule is CCn1ncnc1CN(Cc1ccc(OC)c(OC)c1)C1CCCCC1. The van der Waals surface area contributed by atoms with E-state index in [9.17, 15) is 0 Å². The number of aryl methyl sites for hydroxylation is 1. The van der Waals surface area contributed by atoms with E-state index >= 15 is 0 Å². The normalized spacial score (nSPS) is 15.4. The molecule has 2 aromatic rings. The van der Waals surface area contributed by atoms with E-state index in [0.717, 1.165) is 37.0 Å². The lowest BCUT2D eigenvalue weighted by Gasteiger charge is -2.34. The molecule has 1 saturated carbocycles. The number of benzene rings is 1. The molecule has 26 heavy (non-hydrogen) atoms. The molecule has 0 N–H and O–H groups in total. The summed E-state index contributed by atoms with van der Waals surface area (Å²) in [5.41, 5.74) is 1.23. The van der Waals surface area contributed by atoms with Crippen LogP contribution in [0.25, 0.3) is 0 Å². The van der Waals surface area contributed by atoms with E-state index in [0.29, 0.717) is 6.04 Å². The average Bonchev–Trinajstić information content (AvgIpc) is 3.15. The van der Waals surface area contributed by atoms with Crippen LogP contribution < -0.4 is 9.47 Å². The Hall–Kier alpha value is -2.08. The second kappa shape index (κ2) is 9.03. The molecule has 6 heteroatoms. The Morgan fingerprint density at radius 2 is 1.85 bits per heavy atom. The zero-order valence-electron chi connectivity index (χ0n) is 16.1. The second-order valence-corrected chi connectivity index (χ2v) is 6.88. The Balaban J connectivity index is 1.81. The van der Waals surface area contributed by atoms with E-state index in [1.807, 2.05) is 10.7 Å². The fourth-order valence-electron chi connectivity index (χ4n) is 3.83. The Labute approximate surface area is 156 Å². The molecule has 0 saturated heterocycles. The maximum absolute atomic E-state index is 5.48. The van der Waals surface area contributed by atoms with Gasteiger partial charge in [0.25, 0.3) is 0 Å². The molecule has 0 spiro atoms. The van der Waals surface area contributed by atoms with E-state index < -0.39 is 0 Å². The lowest BCUT2D eigenvalue weighted by atomic mass is 9.93. The van der Waals surface area contributed by atoms with E-state index in [-0.39, 0.29) is 0 Å². The fraction of sp³-hybridized carbons (Fsp3) is 0.600. The maximum Gasteiger partial charge on any atom is 0.161 e. The predicted octanol–water partition coefficient (Wildman–Crippen LogP) is 3.65. The van der Waals surface area contributed by atoms with E-state index in [1.54, 1.807) is 20.5 Å². The van der Waals surface area contributed by atoms with Gasteiger partial charge < -0.3 is 9.47 Å². The number of methoxy groups -OCH3 is 2. The van der Waals surface area contributed by atoms with E-state index in [2.05, 4.69) is 34.0 Å². The van der Waals surface area contributed by atoms with Crippen LogP contribution in [-0.2, 0) is 19.6 Å².